The minimum Gasteiger partial charge on any atom is -0.493 e. The molecule has 0 unspecified atom stereocenters. The number of carboxylic acid groups (broad SMARTS) is 1. The second-order valence-corrected chi connectivity index (χ2v) is 8.82. The first-order valence-electron chi connectivity index (χ1n) is 11.9. The Bertz CT molecular complexity index is 1240. The molecule has 0 aliphatic carbocycles. The predicted molar refractivity (Wildman–Crippen MR) is 137 cm³/mol. The number of ether oxygens (including phenoxy) is 2. The van der Waals surface area contributed by atoms with Crippen molar-refractivity contribution < 1.29 is 19.4 Å². The number of anilines is 3. The largest absolute Gasteiger partial charge is 0.493 e. The van der Waals surface area contributed by atoms with Crippen molar-refractivity contribution in [1.29, 1.82) is 0 Å². The van der Waals surface area contributed by atoms with E-state index >= 15 is 0 Å². The number of hydrogen-bond acceptors (Lipinski definition) is 6. The molecule has 0 saturated carbocycles. The molecule has 35 heavy (non-hydrogen) atoms. The number of fused-ring (bicyclic) bond motifs is 1. The Hall–Kier alpha value is -3.84. The number of benzene rings is 2. The molecule has 1 atom stereocenters. The van der Waals surface area contributed by atoms with Gasteiger partial charge in [-0.1, -0.05) is 24.3 Å². The summed E-state index contributed by atoms with van der Waals surface area (Å²) in [6.07, 6.45) is 7.02. The van der Waals surface area contributed by atoms with E-state index in [1.807, 2.05) is 0 Å². The maximum absolute atomic E-state index is 11.5. The second kappa shape index (κ2) is 10.2. The first-order valence-corrected chi connectivity index (χ1v) is 11.9. The lowest BCUT2D eigenvalue weighted by atomic mass is 9.92. The number of pyridine rings is 1. The summed E-state index contributed by atoms with van der Waals surface area (Å²) < 4.78 is 11.4. The lowest BCUT2D eigenvalue weighted by molar-refractivity contribution is 0.0697. The third-order valence-electron chi connectivity index (χ3n) is 6.73. The second-order valence-electron chi connectivity index (χ2n) is 8.82. The third kappa shape index (κ3) is 5.00. The number of hydrogen-bond donors (Lipinski definition) is 2. The van der Waals surface area contributed by atoms with Crippen molar-refractivity contribution in [2.24, 2.45) is 0 Å². The summed E-state index contributed by atoms with van der Waals surface area (Å²) in [6.45, 7) is 2.70. The van der Waals surface area contributed by atoms with Gasteiger partial charge < -0.3 is 24.8 Å². The van der Waals surface area contributed by atoms with E-state index in [0.29, 0.717) is 25.4 Å². The van der Waals surface area contributed by atoms with Gasteiger partial charge in [0.05, 0.1) is 37.3 Å². The van der Waals surface area contributed by atoms with Gasteiger partial charge >= 0.3 is 5.97 Å². The minimum absolute atomic E-state index is 0.215. The van der Waals surface area contributed by atoms with Crippen LogP contribution in [0.5, 0.6) is 5.75 Å². The van der Waals surface area contributed by atoms with E-state index in [1.54, 1.807) is 6.20 Å². The fourth-order valence-corrected chi connectivity index (χ4v) is 4.66. The van der Waals surface area contributed by atoms with Crippen LogP contribution in [0.4, 0.5) is 17.1 Å². The van der Waals surface area contributed by atoms with Crippen LogP contribution in [0.2, 0.25) is 0 Å². The summed E-state index contributed by atoms with van der Waals surface area (Å²) in [7, 11) is 2.06. The molecule has 2 aliphatic heterocycles. The average molecular weight is 472 g/mol. The van der Waals surface area contributed by atoms with E-state index in [0.717, 1.165) is 42.1 Å². The molecule has 3 heterocycles. The first-order chi connectivity index (χ1) is 17.1. The van der Waals surface area contributed by atoms with Gasteiger partial charge in [-0.25, -0.2) is 4.79 Å². The van der Waals surface area contributed by atoms with Crippen LogP contribution in [-0.4, -0.2) is 49.5 Å². The molecule has 0 fully saturated rings. The number of rotatable bonds is 7. The number of nitrogens with zero attached hydrogens (tertiary/aromatic N) is 2. The standard InChI is InChI=1S/C28H29N3O4/c1-31(22-4-2-19(3-5-22)20-9-13-34-14-10-20)23-6-7-24-21(11-15-35-27(24)16-23)17-30-26-18-29-12-8-25(26)28(32)33/h2-9,12,16,18,21,30H,10-11,13-15,17H2,1H3,(H,32,33)/t21-/m0/s1. The van der Waals surface area contributed by atoms with Gasteiger partial charge in [-0.05, 0) is 53.8 Å². The fraction of sp³-hybridized carbons (Fsp3) is 0.286. The number of nitrogens with one attached hydrogen (secondary N) is 1. The highest BCUT2D eigenvalue weighted by atomic mass is 16.5. The topological polar surface area (TPSA) is 83.9 Å². The molecule has 0 spiro atoms. The molecule has 2 aromatic carbocycles. The Morgan fingerprint density at radius 3 is 2.74 bits per heavy atom. The van der Waals surface area contributed by atoms with Crippen LogP contribution >= 0.6 is 0 Å². The molecular formula is C28H29N3O4. The summed E-state index contributed by atoms with van der Waals surface area (Å²) in [6, 6.07) is 16.5. The lowest BCUT2D eigenvalue weighted by Crippen LogP contribution is -2.22. The maximum Gasteiger partial charge on any atom is 0.337 e. The highest BCUT2D eigenvalue weighted by Crippen LogP contribution is 2.38. The van der Waals surface area contributed by atoms with E-state index in [9.17, 15) is 9.90 Å². The highest BCUT2D eigenvalue weighted by Gasteiger charge is 2.23. The minimum atomic E-state index is -0.965. The van der Waals surface area contributed by atoms with Gasteiger partial charge in [0.25, 0.3) is 0 Å². The average Bonchev–Trinajstić information content (AvgIpc) is 2.92. The maximum atomic E-state index is 11.5. The fourth-order valence-electron chi connectivity index (χ4n) is 4.66. The molecule has 180 valence electrons. The smallest absolute Gasteiger partial charge is 0.337 e. The van der Waals surface area contributed by atoms with Crippen LogP contribution in [0.3, 0.4) is 0 Å². The Kier molecular flexibility index (Phi) is 6.68. The van der Waals surface area contributed by atoms with Crippen molar-refractivity contribution in [2.75, 3.05) is 43.6 Å². The summed E-state index contributed by atoms with van der Waals surface area (Å²) in [5, 5.41) is 12.7. The predicted octanol–water partition coefficient (Wildman–Crippen LogP) is 5.33. The van der Waals surface area contributed by atoms with Gasteiger partial charge in [0.2, 0.25) is 0 Å². The Labute approximate surface area is 205 Å². The number of aromatic nitrogens is 1. The summed E-state index contributed by atoms with van der Waals surface area (Å²) in [4.78, 5) is 17.7. The van der Waals surface area contributed by atoms with Crippen molar-refractivity contribution in [3.63, 3.8) is 0 Å². The van der Waals surface area contributed by atoms with E-state index in [-0.39, 0.29) is 11.5 Å². The van der Waals surface area contributed by atoms with Crippen LogP contribution in [0, 0.1) is 0 Å². The molecule has 3 aromatic rings. The summed E-state index contributed by atoms with van der Waals surface area (Å²) in [5.74, 6) is 0.125. The Balaban J connectivity index is 1.30. The highest BCUT2D eigenvalue weighted by molar-refractivity contribution is 5.93. The zero-order valence-corrected chi connectivity index (χ0v) is 19.7. The van der Waals surface area contributed by atoms with Crippen molar-refractivity contribution in [1.82, 2.24) is 4.98 Å². The molecule has 2 N–H and O–H groups in total. The SMILES string of the molecule is CN(c1ccc(C2=CCOCC2)cc1)c1ccc2c(c1)OCC[C@H]2CNc1cnccc1C(=O)O. The monoisotopic (exact) mass is 471 g/mol. The van der Waals surface area contributed by atoms with Gasteiger partial charge in [-0.3, -0.25) is 4.98 Å². The van der Waals surface area contributed by atoms with Crippen LogP contribution in [0.25, 0.3) is 5.57 Å². The van der Waals surface area contributed by atoms with Crippen molar-refractivity contribution in [3.8, 4) is 5.75 Å². The zero-order chi connectivity index (χ0) is 24.2. The van der Waals surface area contributed by atoms with Gasteiger partial charge in [0, 0.05) is 43.1 Å². The van der Waals surface area contributed by atoms with E-state index < -0.39 is 5.97 Å². The molecule has 2 aliphatic rings. The Morgan fingerprint density at radius 1 is 1.14 bits per heavy atom. The van der Waals surface area contributed by atoms with Crippen LogP contribution in [0.1, 0.15) is 40.2 Å². The first kappa shape index (κ1) is 22.9. The molecule has 5 rings (SSSR count). The Morgan fingerprint density at radius 2 is 1.97 bits per heavy atom. The molecular weight excluding hydrogens is 442 g/mol. The summed E-state index contributed by atoms with van der Waals surface area (Å²) in [5.41, 5.74) is 6.63. The van der Waals surface area contributed by atoms with Crippen LogP contribution < -0.4 is 15.0 Å². The third-order valence-corrected chi connectivity index (χ3v) is 6.73. The normalized spacial score (nSPS) is 17.1. The number of carboxylic acids is 1. The van der Waals surface area contributed by atoms with Gasteiger partial charge in [0.1, 0.15) is 5.75 Å². The molecule has 0 saturated heterocycles. The zero-order valence-electron chi connectivity index (χ0n) is 19.7. The van der Waals surface area contributed by atoms with Gasteiger partial charge in [-0.15, -0.1) is 0 Å². The molecule has 1 aromatic heterocycles. The molecule has 7 heteroatoms. The van der Waals surface area contributed by atoms with Crippen molar-refractivity contribution in [3.05, 3.63) is 83.7 Å². The lowest BCUT2D eigenvalue weighted by Gasteiger charge is -2.28. The van der Waals surface area contributed by atoms with E-state index in [1.165, 1.54) is 23.4 Å². The number of carbonyl (C=O) groups is 1. The van der Waals surface area contributed by atoms with Crippen molar-refractivity contribution >= 4 is 28.6 Å². The van der Waals surface area contributed by atoms with E-state index in [4.69, 9.17) is 9.47 Å². The quantitative estimate of drug-likeness (QED) is 0.482. The van der Waals surface area contributed by atoms with Crippen molar-refractivity contribution in [2.45, 2.75) is 18.8 Å². The van der Waals surface area contributed by atoms with Gasteiger partial charge in [0.15, 0.2) is 0 Å². The van der Waals surface area contributed by atoms with Crippen LogP contribution in [-0.2, 0) is 4.74 Å². The van der Waals surface area contributed by atoms with Gasteiger partial charge in [-0.2, -0.15) is 0 Å². The molecule has 0 bridgehead atoms. The molecule has 0 radical (unpaired) electrons. The van der Waals surface area contributed by atoms with Crippen LogP contribution in [0.15, 0.2) is 67.0 Å². The number of aromatic carboxylic acids is 1. The molecule has 0 amide bonds. The summed E-state index contributed by atoms with van der Waals surface area (Å²) >= 11 is 0. The van der Waals surface area contributed by atoms with E-state index in [2.05, 4.69) is 70.8 Å². The molecule has 7 nitrogen and oxygen atoms in total.